The van der Waals surface area contributed by atoms with Gasteiger partial charge in [0.15, 0.2) is 11.5 Å². The Balaban J connectivity index is 1.55. The number of nitrogens with one attached hydrogen (secondary N) is 2. The molecule has 2 aromatic carbocycles. The number of methoxy groups -OCH3 is 3. The van der Waals surface area contributed by atoms with Crippen LogP contribution in [0.1, 0.15) is 32.7 Å². The molecule has 0 unspecified atom stereocenters. The Bertz CT molecular complexity index is 1010. The van der Waals surface area contributed by atoms with Crippen LogP contribution < -0.4 is 20.1 Å². The van der Waals surface area contributed by atoms with Crippen molar-refractivity contribution in [3.8, 4) is 11.5 Å². The Morgan fingerprint density at radius 1 is 0.938 bits per heavy atom. The fourth-order valence-corrected chi connectivity index (χ4v) is 3.47. The summed E-state index contributed by atoms with van der Waals surface area (Å²) < 4.78 is 15.5. The number of amides is 4. The SMILES string of the molecule is COCCCN1C(=O)c2ccc(NC(=O)NCCc3ccc(OC)c(OC)c3)cc2C1=O. The van der Waals surface area contributed by atoms with E-state index in [1.807, 2.05) is 18.2 Å². The summed E-state index contributed by atoms with van der Waals surface area (Å²) in [6.45, 7) is 1.15. The number of carbonyl (C=O) groups is 3. The van der Waals surface area contributed by atoms with E-state index >= 15 is 0 Å². The quantitative estimate of drug-likeness (QED) is 0.434. The molecule has 4 amide bonds. The maximum Gasteiger partial charge on any atom is 0.319 e. The number of nitrogens with zero attached hydrogens (tertiary/aromatic N) is 1. The van der Waals surface area contributed by atoms with Gasteiger partial charge in [-0.2, -0.15) is 0 Å². The van der Waals surface area contributed by atoms with Gasteiger partial charge in [0.2, 0.25) is 0 Å². The van der Waals surface area contributed by atoms with Crippen molar-refractivity contribution in [2.75, 3.05) is 46.3 Å². The van der Waals surface area contributed by atoms with Crippen molar-refractivity contribution in [2.45, 2.75) is 12.8 Å². The van der Waals surface area contributed by atoms with E-state index in [-0.39, 0.29) is 17.4 Å². The molecule has 3 rings (SSSR count). The first kappa shape index (κ1) is 23.1. The number of ether oxygens (including phenoxy) is 3. The van der Waals surface area contributed by atoms with Crippen LogP contribution in [0, 0.1) is 0 Å². The number of benzene rings is 2. The molecular weight excluding hydrogens is 414 g/mol. The van der Waals surface area contributed by atoms with Crippen LogP contribution in [0.5, 0.6) is 11.5 Å². The van der Waals surface area contributed by atoms with Gasteiger partial charge in [-0.15, -0.1) is 0 Å². The van der Waals surface area contributed by atoms with Crippen LogP contribution in [0.4, 0.5) is 10.5 Å². The highest BCUT2D eigenvalue weighted by atomic mass is 16.5. The second kappa shape index (κ2) is 10.6. The Kier molecular flexibility index (Phi) is 7.67. The number of fused-ring (bicyclic) bond motifs is 1. The summed E-state index contributed by atoms with van der Waals surface area (Å²) in [6, 6.07) is 9.87. The predicted octanol–water partition coefficient (Wildman–Crippen LogP) is 2.70. The highest BCUT2D eigenvalue weighted by Gasteiger charge is 2.35. The molecule has 0 bridgehead atoms. The number of hydrogen-bond donors (Lipinski definition) is 2. The van der Waals surface area contributed by atoms with E-state index in [0.717, 1.165) is 5.56 Å². The highest BCUT2D eigenvalue weighted by molar-refractivity contribution is 6.21. The zero-order valence-electron chi connectivity index (χ0n) is 18.4. The summed E-state index contributed by atoms with van der Waals surface area (Å²) in [5.74, 6) is 0.581. The number of carbonyl (C=O) groups excluding carboxylic acids is 3. The molecule has 170 valence electrons. The fourth-order valence-electron chi connectivity index (χ4n) is 3.47. The van der Waals surface area contributed by atoms with Crippen LogP contribution in [-0.2, 0) is 11.2 Å². The van der Waals surface area contributed by atoms with Gasteiger partial charge in [0.25, 0.3) is 11.8 Å². The van der Waals surface area contributed by atoms with Gasteiger partial charge >= 0.3 is 6.03 Å². The molecule has 0 aromatic heterocycles. The molecule has 0 aliphatic carbocycles. The average molecular weight is 441 g/mol. The van der Waals surface area contributed by atoms with Gasteiger partial charge in [0.05, 0.1) is 25.3 Å². The molecule has 0 atom stereocenters. The molecule has 1 aliphatic rings. The fraction of sp³-hybridized carbons (Fsp3) is 0.348. The van der Waals surface area contributed by atoms with Gasteiger partial charge < -0.3 is 24.8 Å². The molecule has 0 fully saturated rings. The lowest BCUT2D eigenvalue weighted by Crippen LogP contribution is -2.31. The molecule has 9 nitrogen and oxygen atoms in total. The number of imide groups is 1. The summed E-state index contributed by atoms with van der Waals surface area (Å²) in [5, 5.41) is 5.48. The zero-order chi connectivity index (χ0) is 23.1. The van der Waals surface area contributed by atoms with E-state index in [2.05, 4.69) is 10.6 Å². The summed E-state index contributed by atoms with van der Waals surface area (Å²) >= 11 is 0. The predicted molar refractivity (Wildman–Crippen MR) is 119 cm³/mol. The molecule has 0 saturated heterocycles. The van der Waals surface area contributed by atoms with Crippen molar-refractivity contribution in [2.24, 2.45) is 0 Å². The van der Waals surface area contributed by atoms with E-state index < -0.39 is 6.03 Å². The van der Waals surface area contributed by atoms with Crippen molar-refractivity contribution in [3.05, 3.63) is 53.1 Å². The molecule has 9 heteroatoms. The number of urea groups is 1. The summed E-state index contributed by atoms with van der Waals surface area (Å²) in [4.78, 5) is 38.5. The van der Waals surface area contributed by atoms with Crippen LogP contribution in [0.2, 0.25) is 0 Å². The normalized spacial score (nSPS) is 12.5. The minimum atomic E-state index is -0.404. The van der Waals surface area contributed by atoms with Gasteiger partial charge in [0.1, 0.15) is 0 Å². The van der Waals surface area contributed by atoms with Crippen LogP contribution in [0.15, 0.2) is 36.4 Å². The average Bonchev–Trinajstić information content (AvgIpc) is 3.03. The van der Waals surface area contributed by atoms with Gasteiger partial charge in [-0.3, -0.25) is 14.5 Å². The van der Waals surface area contributed by atoms with Crippen LogP contribution >= 0.6 is 0 Å². The van der Waals surface area contributed by atoms with E-state index in [1.54, 1.807) is 33.5 Å². The molecule has 0 radical (unpaired) electrons. The van der Waals surface area contributed by atoms with Gasteiger partial charge in [0, 0.05) is 32.5 Å². The van der Waals surface area contributed by atoms with Gasteiger partial charge in [-0.05, 0) is 48.7 Å². The molecule has 1 heterocycles. The lowest BCUT2D eigenvalue weighted by molar-refractivity contribution is 0.0638. The van der Waals surface area contributed by atoms with Gasteiger partial charge in [-0.1, -0.05) is 6.07 Å². The van der Waals surface area contributed by atoms with E-state index in [1.165, 1.54) is 11.0 Å². The van der Waals surface area contributed by atoms with Crippen molar-refractivity contribution >= 4 is 23.5 Å². The number of anilines is 1. The minimum Gasteiger partial charge on any atom is -0.493 e. The molecule has 2 N–H and O–H groups in total. The van der Waals surface area contributed by atoms with E-state index in [9.17, 15) is 14.4 Å². The summed E-state index contributed by atoms with van der Waals surface area (Å²) in [6.07, 6.45) is 1.16. The summed E-state index contributed by atoms with van der Waals surface area (Å²) in [5.41, 5.74) is 2.05. The van der Waals surface area contributed by atoms with Crippen molar-refractivity contribution < 1.29 is 28.6 Å². The highest BCUT2D eigenvalue weighted by Crippen LogP contribution is 2.28. The lowest BCUT2D eigenvalue weighted by Gasteiger charge is -2.12. The summed E-state index contributed by atoms with van der Waals surface area (Å²) in [7, 11) is 4.71. The topological polar surface area (TPSA) is 106 Å². The van der Waals surface area contributed by atoms with Gasteiger partial charge in [-0.25, -0.2) is 4.79 Å². The molecule has 0 saturated carbocycles. The largest absolute Gasteiger partial charge is 0.493 e. The first-order valence-electron chi connectivity index (χ1n) is 10.2. The molecule has 32 heavy (non-hydrogen) atoms. The van der Waals surface area contributed by atoms with Crippen LogP contribution in [-0.4, -0.2) is 63.8 Å². The number of hydrogen-bond acceptors (Lipinski definition) is 6. The Morgan fingerprint density at radius 3 is 2.41 bits per heavy atom. The molecule has 2 aromatic rings. The van der Waals surface area contributed by atoms with Crippen molar-refractivity contribution in [3.63, 3.8) is 0 Å². The first-order valence-corrected chi connectivity index (χ1v) is 10.2. The van der Waals surface area contributed by atoms with Crippen LogP contribution in [0.3, 0.4) is 0 Å². The van der Waals surface area contributed by atoms with E-state index in [4.69, 9.17) is 14.2 Å². The van der Waals surface area contributed by atoms with Crippen molar-refractivity contribution in [1.29, 1.82) is 0 Å². The minimum absolute atomic E-state index is 0.288. The first-order chi connectivity index (χ1) is 15.5. The lowest BCUT2D eigenvalue weighted by atomic mass is 10.1. The van der Waals surface area contributed by atoms with Crippen molar-refractivity contribution in [1.82, 2.24) is 10.2 Å². The molecule has 1 aliphatic heterocycles. The zero-order valence-corrected chi connectivity index (χ0v) is 18.4. The Morgan fingerprint density at radius 2 is 1.69 bits per heavy atom. The molecule has 0 spiro atoms. The monoisotopic (exact) mass is 441 g/mol. The maximum atomic E-state index is 12.6. The Hall–Kier alpha value is -3.59. The third-order valence-corrected chi connectivity index (χ3v) is 5.11. The van der Waals surface area contributed by atoms with E-state index in [0.29, 0.717) is 55.3 Å². The molecular formula is C23H27N3O6. The maximum absolute atomic E-state index is 12.6. The number of rotatable bonds is 10. The second-order valence-electron chi connectivity index (χ2n) is 7.19. The standard InChI is InChI=1S/C23H27N3O6/c1-30-12-4-11-26-21(27)17-7-6-16(14-18(17)22(26)28)25-23(29)24-10-9-15-5-8-19(31-2)20(13-15)32-3/h5-8,13-14H,4,9-12H2,1-3H3,(H2,24,25,29). The third kappa shape index (κ3) is 5.17. The third-order valence-electron chi connectivity index (χ3n) is 5.11. The smallest absolute Gasteiger partial charge is 0.319 e. The Labute approximate surface area is 186 Å². The second-order valence-corrected chi connectivity index (χ2v) is 7.19. The van der Waals surface area contributed by atoms with Crippen LogP contribution in [0.25, 0.3) is 0 Å².